The Kier molecular flexibility index (Phi) is 4.29. The van der Waals surface area contributed by atoms with Crippen LogP contribution < -0.4 is 20.1 Å². The number of carbonyl (C=O) groups is 1. The summed E-state index contributed by atoms with van der Waals surface area (Å²) in [5.41, 5.74) is 1.99. The normalized spacial score (nSPS) is 11.9. The summed E-state index contributed by atoms with van der Waals surface area (Å²) in [6.07, 6.45) is 0. The molecule has 2 heterocycles. The number of hydrogen-bond acceptors (Lipinski definition) is 6. The van der Waals surface area contributed by atoms with Gasteiger partial charge in [0.1, 0.15) is 11.5 Å². The average Bonchev–Trinajstić information content (AvgIpc) is 3.11. The highest BCUT2D eigenvalue weighted by Crippen LogP contribution is 2.34. The van der Waals surface area contributed by atoms with E-state index in [1.807, 2.05) is 0 Å². The van der Waals surface area contributed by atoms with Gasteiger partial charge < -0.3 is 20.1 Å². The van der Waals surface area contributed by atoms with Crippen molar-refractivity contribution in [2.24, 2.45) is 0 Å². The van der Waals surface area contributed by atoms with E-state index in [1.54, 1.807) is 43.3 Å². The van der Waals surface area contributed by atoms with Crippen LogP contribution in [0.2, 0.25) is 0 Å². The molecule has 1 aromatic heterocycles. The number of rotatable bonds is 4. The number of halogens is 1. The minimum absolute atomic E-state index is 0.163. The first kappa shape index (κ1) is 16.8. The van der Waals surface area contributed by atoms with Crippen LogP contribution in [0.15, 0.2) is 48.5 Å². The van der Waals surface area contributed by atoms with Gasteiger partial charge in [0.25, 0.3) is 5.91 Å². The number of nitrogens with zero attached hydrogens (tertiary/aromatic N) is 2. The fraction of sp³-hybridized carbons (Fsp3) is 0.105. The van der Waals surface area contributed by atoms with E-state index in [-0.39, 0.29) is 30.2 Å². The third-order valence-corrected chi connectivity index (χ3v) is 3.82. The number of fused-ring (bicyclic) bond motifs is 1. The second-order valence-electron chi connectivity index (χ2n) is 5.87. The molecule has 0 unspecified atom stereocenters. The highest BCUT2D eigenvalue weighted by molar-refractivity contribution is 6.03. The summed E-state index contributed by atoms with van der Waals surface area (Å²) in [6.45, 7) is 1.92. The Hall–Kier alpha value is -3.68. The lowest BCUT2D eigenvalue weighted by Crippen LogP contribution is -2.15. The Morgan fingerprint density at radius 2 is 1.74 bits per heavy atom. The van der Waals surface area contributed by atoms with Crippen LogP contribution in [0.4, 0.5) is 21.7 Å². The van der Waals surface area contributed by atoms with Crippen molar-refractivity contribution < 1.29 is 18.7 Å². The number of ether oxygens (including phenoxy) is 2. The first-order valence-corrected chi connectivity index (χ1v) is 8.16. The molecule has 136 valence electrons. The van der Waals surface area contributed by atoms with E-state index in [4.69, 9.17) is 9.47 Å². The smallest absolute Gasteiger partial charge is 0.274 e. The largest absolute Gasteiger partial charge is 0.454 e. The molecule has 0 saturated heterocycles. The molecule has 27 heavy (non-hydrogen) atoms. The molecule has 3 aromatic rings. The summed E-state index contributed by atoms with van der Waals surface area (Å²) in [5.74, 6) is 0.732. The van der Waals surface area contributed by atoms with Gasteiger partial charge in [-0.15, -0.1) is 0 Å². The van der Waals surface area contributed by atoms with Gasteiger partial charge >= 0.3 is 0 Å². The lowest BCUT2D eigenvalue weighted by molar-refractivity contribution is 0.102. The van der Waals surface area contributed by atoms with E-state index in [1.165, 1.54) is 12.1 Å². The molecule has 2 aromatic carbocycles. The Morgan fingerprint density at radius 1 is 1.00 bits per heavy atom. The number of aromatic nitrogens is 2. The fourth-order valence-corrected chi connectivity index (χ4v) is 2.57. The van der Waals surface area contributed by atoms with Crippen molar-refractivity contribution in [3.63, 3.8) is 0 Å². The number of nitrogens with one attached hydrogen (secondary N) is 2. The SMILES string of the molecule is Cc1cc(C(=O)Nc2ccc3c(c2)OCO3)nc(Nc2ccc(F)cc2)n1. The molecule has 8 heteroatoms. The second kappa shape index (κ2) is 6.91. The summed E-state index contributed by atoms with van der Waals surface area (Å²) in [7, 11) is 0. The second-order valence-corrected chi connectivity index (χ2v) is 5.87. The highest BCUT2D eigenvalue weighted by atomic mass is 19.1. The van der Waals surface area contributed by atoms with Crippen molar-refractivity contribution in [3.8, 4) is 11.5 Å². The Bertz CT molecular complexity index is 1010. The molecule has 0 atom stereocenters. The summed E-state index contributed by atoms with van der Waals surface area (Å²) >= 11 is 0. The van der Waals surface area contributed by atoms with Crippen LogP contribution in [0.1, 0.15) is 16.2 Å². The van der Waals surface area contributed by atoms with Crippen molar-refractivity contribution in [3.05, 3.63) is 65.7 Å². The van der Waals surface area contributed by atoms with Gasteiger partial charge in [-0.1, -0.05) is 0 Å². The van der Waals surface area contributed by atoms with Crippen LogP contribution in [-0.2, 0) is 0 Å². The lowest BCUT2D eigenvalue weighted by Gasteiger charge is -2.09. The highest BCUT2D eigenvalue weighted by Gasteiger charge is 2.16. The Balaban J connectivity index is 1.53. The van der Waals surface area contributed by atoms with Crippen molar-refractivity contribution in [1.82, 2.24) is 9.97 Å². The van der Waals surface area contributed by atoms with Crippen LogP contribution in [-0.4, -0.2) is 22.7 Å². The zero-order valence-corrected chi connectivity index (χ0v) is 14.3. The van der Waals surface area contributed by atoms with E-state index in [2.05, 4.69) is 20.6 Å². The van der Waals surface area contributed by atoms with E-state index in [0.717, 1.165) is 0 Å². The minimum atomic E-state index is -0.387. The molecule has 2 N–H and O–H groups in total. The maximum absolute atomic E-state index is 13.0. The van der Waals surface area contributed by atoms with Gasteiger partial charge in [-0.05, 0) is 49.4 Å². The first-order valence-electron chi connectivity index (χ1n) is 8.16. The number of benzene rings is 2. The Labute approximate surface area is 154 Å². The number of carbonyl (C=O) groups excluding carboxylic acids is 1. The number of aryl methyl sites for hydroxylation is 1. The molecule has 4 rings (SSSR count). The molecule has 1 amide bonds. The molecule has 0 spiro atoms. The molecule has 0 fully saturated rings. The van der Waals surface area contributed by atoms with E-state index in [0.29, 0.717) is 28.6 Å². The van der Waals surface area contributed by atoms with Gasteiger partial charge in [0.2, 0.25) is 12.7 Å². The van der Waals surface area contributed by atoms with Crippen LogP contribution in [0.5, 0.6) is 11.5 Å². The maximum Gasteiger partial charge on any atom is 0.274 e. The minimum Gasteiger partial charge on any atom is -0.454 e. The predicted molar refractivity (Wildman–Crippen MR) is 97.0 cm³/mol. The summed E-state index contributed by atoms with van der Waals surface area (Å²) < 4.78 is 23.6. The quantitative estimate of drug-likeness (QED) is 0.733. The number of hydrogen-bond donors (Lipinski definition) is 2. The summed E-state index contributed by atoms with van der Waals surface area (Å²) in [6, 6.07) is 12.5. The first-order chi connectivity index (χ1) is 13.1. The monoisotopic (exact) mass is 366 g/mol. The molecule has 7 nitrogen and oxygen atoms in total. The predicted octanol–water partition coefficient (Wildman–Crippen LogP) is 3.65. The van der Waals surface area contributed by atoms with Crippen LogP contribution >= 0.6 is 0 Å². The van der Waals surface area contributed by atoms with Crippen LogP contribution in [0.25, 0.3) is 0 Å². The molecular weight excluding hydrogens is 351 g/mol. The van der Waals surface area contributed by atoms with Crippen molar-refractivity contribution in [2.45, 2.75) is 6.92 Å². The molecule has 1 aliphatic heterocycles. The van der Waals surface area contributed by atoms with E-state index >= 15 is 0 Å². The zero-order chi connectivity index (χ0) is 18.8. The van der Waals surface area contributed by atoms with Crippen molar-refractivity contribution in [1.29, 1.82) is 0 Å². The molecular formula is C19H15FN4O3. The van der Waals surface area contributed by atoms with Crippen LogP contribution in [0.3, 0.4) is 0 Å². The van der Waals surface area contributed by atoms with Gasteiger partial charge in [-0.25, -0.2) is 14.4 Å². The van der Waals surface area contributed by atoms with E-state index < -0.39 is 0 Å². The molecule has 1 aliphatic rings. The number of amides is 1. The average molecular weight is 366 g/mol. The number of anilines is 3. The van der Waals surface area contributed by atoms with E-state index in [9.17, 15) is 9.18 Å². The third-order valence-electron chi connectivity index (χ3n) is 3.82. The van der Waals surface area contributed by atoms with Gasteiger partial charge in [0.15, 0.2) is 11.5 Å². The van der Waals surface area contributed by atoms with Gasteiger partial charge in [-0.2, -0.15) is 0 Å². The maximum atomic E-state index is 13.0. The van der Waals surface area contributed by atoms with Crippen molar-refractivity contribution in [2.75, 3.05) is 17.4 Å². The van der Waals surface area contributed by atoms with Crippen LogP contribution in [0, 0.1) is 12.7 Å². The summed E-state index contributed by atoms with van der Waals surface area (Å²) in [4.78, 5) is 21.1. The zero-order valence-electron chi connectivity index (χ0n) is 14.3. The third kappa shape index (κ3) is 3.79. The standard InChI is InChI=1S/C19H15FN4O3/c1-11-8-15(24-19(21-11)23-13-4-2-12(20)3-5-13)18(25)22-14-6-7-16-17(9-14)27-10-26-16/h2-9H,10H2,1H3,(H,22,25)(H,21,23,24). The topological polar surface area (TPSA) is 85.4 Å². The molecule has 0 radical (unpaired) electrons. The summed E-state index contributed by atoms with van der Waals surface area (Å²) in [5, 5.41) is 5.73. The van der Waals surface area contributed by atoms with Gasteiger partial charge in [-0.3, -0.25) is 4.79 Å². The Morgan fingerprint density at radius 3 is 2.56 bits per heavy atom. The van der Waals surface area contributed by atoms with Gasteiger partial charge in [0.05, 0.1) is 0 Å². The van der Waals surface area contributed by atoms with Gasteiger partial charge in [0, 0.05) is 23.1 Å². The molecule has 0 saturated carbocycles. The lowest BCUT2D eigenvalue weighted by atomic mass is 10.2. The molecule has 0 bridgehead atoms. The fourth-order valence-electron chi connectivity index (χ4n) is 2.57. The molecule has 0 aliphatic carbocycles. The van der Waals surface area contributed by atoms with Crippen molar-refractivity contribution >= 4 is 23.2 Å².